The molecular formula is C15H28N2O2. The lowest BCUT2D eigenvalue weighted by molar-refractivity contribution is -0.148. The Morgan fingerprint density at radius 2 is 2.21 bits per heavy atom. The standard InChI is InChI=1S/C15H28N2O2/c1-2-15(8-4-9-16-12-15)14(19)17(10-5-11-18)13-6-3-7-13/h13,16,18H,2-12H2,1H3. The summed E-state index contributed by atoms with van der Waals surface area (Å²) < 4.78 is 0. The number of nitrogens with zero attached hydrogens (tertiary/aromatic N) is 1. The van der Waals surface area contributed by atoms with E-state index in [-0.39, 0.29) is 12.0 Å². The van der Waals surface area contributed by atoms with Gasteiger partial charge in [-0.05, 0) is 51.5 Å². The second-order valence-electron chi connectivity index (χ2n) is 6.07. The molecule has 1 saturated heterocycles. The maximum Gasteiger partial charge on any atom is 0.230 e. The van der Waals surface area contributed by atoms with E-state index in [0.29, 0.717) is 18.4 Å². The van der Waals surface area contributed by atoms with Gasteiger partial charge < -0.3 is 15.3 Å². The van der Waals surface area contributed by atoms with E-state index in [0.717, 1.165) is 51.7 Å². The molecule has 1 aliphatic carbocycles. The fourth-order valence-electron chi connectivity index (χ4n) is 3.30. The minimum Gasteiger partial charge on any atom is -0.396 e. The summed E-state index contributed by atoms with van der Waals surface area (Å²) in [6.07, 6.45) is 7.26. The highest BCUT2D eigenvalue weighted by atomic mass is 16.3. The molecule has 0 radical (unpaired) electrons. The van der Waals surface area contributed by atoms with Gasteiger partial charge in [0.25, 0.3) is 0 Å². The SMILES string of the molecule is CCC1(C(=O)N(CCCO)C2CCC2)CCCNC1. The van der Waals surface area contributed by atoms with Crippen LogP contribution in [-0.2, 0) is 4.79 Å². The smallest absolute Gasteiger partial charge is 0.230 e. The van der Waals surface area contributed by atoms with E-state index in [9.17, 15) is 4.79 Å². The molecular weight excluding hydrogens is 240 g/mol. The van der Waals surface area contributed by atoms with Crippen LogP contribution in [0.2, 0.25) is 0 Å². The molecule has 0 bridgehead atoms. The van der Waals surface area contributed by atoms with Gasteiger partial charge in [0, 0.05) is 25.7 Å². The third kappa shape index (κ3) is 3.11. The quantitative estimate of drug-likeness (QED) is 0.768. The lowest BCUT2D eigenvalue weighted by Crippen LogP contribution is -2.55. The Bertz CT molecular complexity index is 297. The average Bonchev–Trinajstić information content (AvgIpc) is 2.41. The summed E-state index contributed by atoms with van der Waals surface area (Å²) in [6, 6.07) is 0.435. The first-order valence-corrected chi connectivity index (χ1v) is 7.86. The minimum atomic E-state index is -0.191. The van der Waals surface area contributed by atoms with Crippen molar-refractivity contribution in [1.82, 2.24) is 10.2 Å². The highest BCUT2D eigenvalue weighted by Gasteiger charge is 2.43. The number of rotatable bonds is 6. The molecule has 0 aromatic rings. The van der Waals surface area contributed by atoms with E-state index in [1.54, 1.807) is 0 Å². The van der Waals surface area contributed by atoms with Gasteiger partial charge in [0.2, 0.25) is 5.91 Å². The lowest BCUT2D eigenvalue weighted by Gasteiger charge is -2.45. The van der Waals surface area contributed by atoms with Crippen LogP contribution in [0.4, 0.5) is 0 Å². The zero-order chi connectivity index (χ0) is 13.7. The van der Waals surface area contributed by atoms with Crippen LogP contribution < -0.4 is 5.32 Å². The number of amides is 1. The number of hydrogen-bond donors (Lipinski definition) is 2. The summed E-state index contributed by atoms with van der Waals surface area (Å²) in [7, 11) is 0. The van der Waals surface area contributed by atoms with Crippen molar-refractivity contribution in [1.29, 1.82) is 0 Å². The van der Waals surface area contributed by atoms with Crippen molar-refractivity contribution < 1.29 is 9.90 Å². The van der Waals surface area contributed by atoms with Crippen LogP contribution in [0.5, 0.6) is 0 Å². The van der Waals surface area contributed by atoms with Gasteiger partial charge in [-0.15, -0.1) is 0 Å². The largest absolute Gasteiger partial charge is 0.396 e. The number of piperidine rings is 1. The Kier molecular flexibility index (Phi) is 5.22. The van der Waals surface area contributed by atoms with Crippen molar-refractivity contribution >= 4 is 5.91 Å². The Morgan fingerprint density at radius 3 is 2.68 bits per heavy atom. The fraction of sp³-hybridized carbons (Fsp3) is 0.933. The molecule has 4 heteroatoms. The number of carbonyl (C=O) groups excluding carboxylic acids is 1. The summed E-state index contributed by atoms with van der Waals surface area (Å²) >= 11 is 0. The molecule has 2 rings (SSSR count). The van der Waals surface area contributed by atoms with Crippen molar-refractivity contribution in [3.05, 3.63) is 0 Å². The highest BCUT2D eigenvalue weighted by molar-refractivity contribution is 5.83. The predicted molar refractivity (Wildman–Crippen MR) is 75.9 cm³/mol. The van der Waals surface area contributed by atoms with Crippen LogP contribution in [0.25, 0.3) is 0 Å². The zero-order valence-corrected chi connectivity index (χ0v) is 12.2. The number of nitrogens with one attached hydrogen (secondary N) is 1. The van der Waals surface area contributed by atoms with Crippen molar-refractivity contribution in [3.63, 3.8) is 0 Å². The van der Waals surface area contributed by atoms with Crippen LogP contribution in [0.15, 0.2) is 0 Å². The Labute approximate surface area is 116 Å². The normalized spacial score (nSPS) is 27.9. The monoisotopic (exact) mass is 268 g/mol. The average molecular weight is 268 g/mol. The van der Waals surface area contributed by atoms with Crippen LogP contribution in [0.1, 0.15) is 51.9 Å². The highest BCUT2D eigenvalue weighted by Crippen LogP contribution is 2.35. The zero-order valence-electron chi connectivity index (χ0n) is 12.2. The number of aliphatic hydroxyl groups excluding tert-OH is 1. The molecule has 2 N–H and O–H groups in total. The molecule has 2 aliphatic rings. The van der Waals surface area contributed by atoms with Gasteiger partial charge in [-0.2, -0.15) is 0 Å². The molecule has 19 heavy (non-hydrogen) atoms. The molecule has 110 valence electrons. The second kappa shape index (κ2) is 6.71. The van der Waals surface area contributed by atoms with Gasteiger partial charge in [-0.1, -0.05) is 6.92 Å². The molecule has 4 nitrogen and oxygen atoms in total. The summed E-state index contributed by atoms with van der Waals surface area (Å²) in [5, 5.41) is 12.4. The molecule has 1 unspecified atom stereocenters. The molecule has 1 amide bonds. The minimum absolute atomic E-state index is 0.174. The van der Waals surface area contributed by atoms with Gasteiger partial charge in [0.05, 0.1) is 5.41 Å². The summed E-state index contributed by atoms with van der Waals surface area (Å²) in [6.45, 7) is 4.89. The van der Waals surface area contributed by atoms with E-state index < -0.39 is 0 Å². The molecule has 1 aliphatic heterocycles. The fourth-order valence-corrected chi connectivity index (χ4v) is 3.30. The molecule has 0 aromatic carbocycles. The lowest BCUT2D eigenvalue weighted by atomic mass is 9.76. The molecule has 0 spiro atoms. The first kappa shape index (κ1) is 14.8. The van der Waals surface area contributed by atoms with Crippen LogP contribution in [0.3, 0.4) is 0 Å². The summed E-state index contributed by atoms with van der Waals surface area (Å²) in [4.78, 5) is 15.1. The van der Waals surface area contributed by atoms with Gasteiger partial charge in [0.1, 0.15) is 0 Å². The third-order valence-electron chi connectivity index (χ3n) is 4.94. The molecule has 1 heterocycles. The first-order chi connectivity index (χ1) is 9.23. The van der Waals surface area contributed by atoms with Crippen molar-refractivity contribution in [2.75, 3.05) is 26.2 Å². The van der Waals surface area contributed by atoms with E-state index >= 15 is 0 Å². The molecule has 0 aromatic heterocycles. The number of aliphatic hydroxyl groups is 1. The Morgan fingerprint density at radius 1 is 1.42 bits per heavy atom. The van der Waals surface area contributed by atoms with Crippen molar-refractivity contribution in [2.45, 2.75) is 57.9 Å². The summed E-state index contributed by atoms with van der Waals surface area (Å²) in [5.41, 5.74) is -0.191. The van der Waals surface area contributed by atoms with Crippen molar-refractivity contribution in [2.24, 2.45) is 5.41 Å². The Hall–Kier alpha value is -0.610. The molecule has 2 fully saturated rings. The van der Waals surface area contributed by atoms with E-state index in [1.807, 2.05) is 0 Å². The third-order valence-corrected chi connectivity index (χ3v) is 4.94. The van der Waals surface area contributed by atoms with E-state index in [2.05, 4.69) is 17.1 Å². The summed E-state index contributed by atoms with van der Waals surface area (Å²) in [5.74, 6) is 0.334. The van der Waals surface area contributed by atoms with Gasteiger partial charge in [0.15, 0.2) is 0 Å². The van der Waals surface area contributed by atoms with Crippen LogP contribution in [0, 0.1) is 5.41 Å². The van der Waals surface area contributed by atoms with Crippen LogP contribution in [-0.4, -0.2) is 48.2 Å². The maximum absolute atomic E-state index is 13.0. The van der Waals surface area contributed by atoms with Gasteiger partial charge >= 0.3 is 0 Å². The van der Waals surface area contributed by atoms with E-state index in [4.69, 9.17) is 5.11 Å². The number of carbonyl (C=O) groups is 1. The second-order valence-corrected chi connectivity index (χ2v) is 6.07. The maximum atomic E-state index is 13.0. The van der Waals surface area contributed by atoms with Gasteiger partial charge in [-0.3, -0.25) is 4.79 Å². The molecule has 1 atom stereocenters. The Balaban J connectivity index is 2.07. The van der Waals surface area contributed by atoms with Gasteiger partial charge in [-0.25, -0.2) is 0 Å². The molecule has 1 saturated carbocycles. The van der Waals surface area contributed by atoms with Crippen molar-refractivity contribution in [3.8, 4) is 0 Å². The first-order valence-electron chi connectivity index (χ1n) is 7.86. The number of hydrogen-bond acceptors (Lipinski definition) is 3. The topological polar surface area (TPSA) is 52.6 Å². The predicted octanol–water partition coefficient (Wildman–Crippen LogP) is 1.53. The van der Waals surface area contributed by atoms with Crippen LogP contribution >= 0.6 is 0 Å². The van der Waals surface area contributed by atoms with E-state index in [1.165, 1.54) is 6.42 Å².